The summed E-state index contributed by atoms with van der Waals surface area (Å²) < 4.78 is 26.4. The fourth-order valence-electron chi connectivity index (χ4n) is 4.65. The Morgan fingerprint density at radius 2 is 1.50 bits per heavy atom. The van der Waals surface area contributed by atoms with Crippen LogP contribution in [0.15, 0.2) is 18.2 Å². The standard InChI is InChI=1S/C30H44O12/c1-7-11-38-27(37)30(6,17-28(3,4)25(35)42-16-21-15-39-21)18-29(5,8-2)26(36)41-14-20(31)13-40-24(34)19-9-10-22(32)23(33)12-19/h9-10,12,20-21,31-33H,7-8,11,13-18H2,1-6H3. The van der Waals surface area contributed by atoms with Crippen LogP contribution in [0.25, 0.3) is 0 Å². The first-order valence-electron chi connectivity index (χ1n) is 14.1. The Hall–Kier alpha value is -3.38. The molecule has 0 radical (unpaired) electrons. The first kappa shape index (κ1) is 34.8. The molecule has 0 bridgehead atoms. The van der Waals surface area contributed by atoms with Gasteiger partial charge in [0.2, 0.25) is 0 Å². The average molecular weight is 597 g/mol. The van der Waals surface area contributed by atoms with Gasteiger partial charge in [-0.3, -0.25) is 14.4 Å². The van der Waals surface area contributed by atoms with Gasteiger partial charge in [0.1, 0.15) is 32.0 Å². The number of aromatic hydroxyl groups is 2. The molecule has 4 atom stereocenters. The molecule has 1 saturated heterocycles. The Morgan fingerprint density at radius 1 is 0.881 bits per heavy atom. The third-order valence-electron chi connectivity index (χ3n) is 7.20. The van der Waals surface area contributed by atoms with Crippen molar-refractivity contribution >= 4 is 23.9 Å². The molecule has 0 spiro atoms. The van der Waals surface area contributed by atoms with Crippen molar-refractivity contribution in [3.8, 4) is 11.5 Å². The van der Waals surface area contributed by atoms with Crippen LogP contribution in [-0.2, 0) is 38.1 Å². The average Bonchev–Trinajstić information content (AvgIpc) is 3.77. The van der Waals surface area contributed by atoms with Crippen molar-refractivity contribution in [2.75, 3.05) is 33.0 Å². The molecule has 1 fully saturated rings. The summed E-state index contributed by atoms with van der Waals surface area (Å²) in [6.45, 7) is 10.1. The van der Waals surface area contributed by atoms with E-state index in [0.29, 0.717) is 13.0 Å². The van der Waals surface area contributed by atoms with Crippen LogP contribution in [0.3, 0.4) is 0 Å². The monoisotopic (exact) mass is 596 g/mol. The Kier molecular flexibility index (Phi) is 12.2. The van der Waals surface area contributed by atoms with Crippen LogP contribution >= 0.6 is 0 Å². The number of epoxide rings is 1. The highest BCUT2D eigenvalue weighted by atomic mass is 16.6. The van der Waals surface area contributed by atoms with Gasteiger partial charge in [-0.15, -0.1) is 0 Å². The molecule has 1 aliphatic rings. The molecule has 1 aromatic carbocycles. The molecular weight excluding hydrogens is 552 g/mol. The zero-order chi connectivity index (χ0) is 31.7. The minimum Gasteiger partial charge on any atom is -0.504 e. The molecule has 0 saturated carbocycles. The fourth-order valence-corrected chi connectivity index (χ4v) is 4.65. The maximum absolute atomic E-state index is 13.3. The van der Waals surface area contributed by atoms with Crippen LogP contribution in [0, 0.1) is 16.2 Å². The summed E-state index contributed by atoms with van der Waals surface area (Å²) >= 11 is 0. The number of ether oxygens (including phenoxy) is 5. The highest BCUT2D eigenvalue weighted by Gasteiger charge is 2.50. The van der Waals surface area contributed by atoms with E-state index in [1.54, 1.807) is 34.6 Å². The van der Waals surface area contributed by atoms with E-state index in [1.165, 1.54) is 6.07 Å². The van der Waals surface area contributed by atoms with Crippen molar-refractivity contribution in [1.29, 1.82) is 0 Å². The van der Waals surface area contributed by atoms with Crippen LogP contribution in [0.5, 0.6) is 11.5 Å². The second-order valence-electron chi connectivity index (χ2n) is 12.0. The van der Waals surface area contributed by atoms with E-state index in [9.17, 15) is 34.5 Å². The topological polar surface area (TPSA) is 178 Å². The van der Waals surface area contributed by atoms with Gasteiger partial charge in [0.25, 0.3) is 0 Å². The third kappa shape index (κ3) is 9.87. The van der Waals surface area contributed by atoms with E-state index in [1.807, 2.05) is 6.92 Å². The maximum Gasteiger partial charge on any atom is 0.338 e. The summed E-state index contributed by atoms with van der Waals surface area (Å²) in [7, 11) is 0. The Balaban J connectivity index is 2.06. The Morgan fingerprint density at radius 3 is 2.07 bits per heavy atom. The first-order chi connectivity index (χ1) is 19.6. The molecular formula is C30H44O12. The number of carbonyl (C=O) groups excluding carboxylic acids is 4. The van der Waals surface area contributed by atoms with Gasteiger partial charge in [0.15, 0.2) is 11.5 Å². The number of hydrogen-bond donors (Lipinski definition) is 3. The van der Waals surface area contributed by atoms with E-state index in [2.05, 4.69) is 0 Å². The molecule has 0 aliphatic carbocycles. The lowest BCUT2D eigenvalue weighted by Gasteiger charge is -2.39. The van der Waals surface area contributed by atoms with E-state index in [-0.39, 0.29) is 44.1 Å². The van der Waals surface area contributed by atoms with Crippen LogP contribution in [0.1, 0.15) is 77.6 Å². The number of aliphatic hydroxyl groups excluding tert-OH is 1. The summed E-state index contributed by atoms with van der Waals surface area (Å²) in [5.74, 6) is -3.49. The number of hydrogen-bond acceptors (Lipinski definition) is 12. The van der Waals surface area contributed by atoms with Crippen molar-refractivity contribution in [2.45, 2.75) is 79.4 Å². The van der Waals surface area contributed by atoms with Crippen molar-refractivity contribution < 1.29 is 58.2 Å². The Bertz CT molecular complexity index is 1110. The molecule has 0 aromatic heterocycles. The first-order valence-corrected chi connectivity index (χ1v) is 14.1. The van der Waals surface area contributed by atoms with Gasteiger partial charge in [-0.25, -0.2) is 4.79 Å². The van der Waals surface area contributed by atoms with Gasteiger partial charge in [0.05, 0.1) is 35.0 Å². The molecule has 12 heteroatoms. The molecule has 1 heterocycles. The SMILES string of the molecule is CCCOC(=O)C(C)(CC(C)(C)C(=O)OCC1CO1)CC(C)(CC)C(=O)OCC(O)COC(=O)c1ccc(O)c(O)c1. The molecule has 42 heavy (non-hydrogen) atoms. The van der Waals surface area contributed by atoms with Gasteiger partial charge in [0, 0.05) is 0 Å². The highest BCUT2D eigenvalue weighted by molar-refractivity contribution is 5.90. The molecule has 0 amide bonds. The minimum atomic E-state index is -1.35. The second kappa shape index (κ2) is 14.7. The van der Waals surface area contributed by atoms with Crippen LogP contribution in [0.4, 0.5) is 0 Å². The lowest BCUT2D eigenvalue weighted by molar-refractivity contribution is -0.170. The van der Waals surface area contributed by atoms with Crippen molar-refractivity contribution in [2.24, 2.45) is 16.2 Å². The van der Waals surface area contributed by atoms with Gasteiger partial charge in [-0.05, 0) is 71.6 Å². The number of carbonyl (C=O) groups is 4. The summed E-state index contributed by atoms with van der Waals surface area (Å²) in [6.07, 6.45) is -0.546. The number of esters is 4. The summed E-state index contributed by atoms with van der Waals surface area (Å²) in [5, 5.41) is 29.2. The summed E-state index contributed by atoms with van der Waals surface area (Å²) in [6, 6.07) is 3.37. The lowest BCUT2D eigenvalue weighted by atomic mass is 9.65. The number of rotatable bonds is 17. The van der Waals surface area contributed by atoms with Gasteiger partial charge in [-0.1, -0.05) is 13.8 Å². The molecule has 1 aliphatic heterocycles. The highest BCUT2D eigenvalue weighted by Crippen LogP contribution is 2.46. The fraction of sp³-hybridized carbons (Fsp3) is 0.667. The second-order valence-corrected chi connectivity index (χ2v) is 12.0. The normalized spacial score (nSPS) is 18.1. The number of aliphatic hydroxyl groups is 1. The van der Waals surface area contributed by atoms with Crippen molar-refractivity contribution in [3.63, 3.8) is 0 Å². The summed E-state index contributed by atoms with van der Waals surface area (Å²) in [4.78, 5) is 51.7. The van der Waals surface area contributed by atoms with Crippen LogP contribution < -0.4 is 0 Å². The third-order valence-corrected chi connectivity index (χ3v) is 7.20. The van der Waals surface area contributed by atoms with E-state index in [4.69, 9.17) is 23.7 Å². The van der Waals surface area contributed by atoms with E-state index < -0.39 is 70.9 Å². The van der Waals surface area contributed by atoms with Gasteiger partial charge >= 0.3 is 23.9 Å². The zero-order valence-electron chi connectivity index (χ0n) is 25.3. The predicted octanol–water partition coefficient (Wildman–Crippen LogP) is 3.28. The van der Waals surface area contributed by atoms with E-state index >= 15 is 0 Å². The number of phenolic OH excluding ortho intramolecular Hbond substituents is 2. The van der Waals surface area contributed by atoms with Crippen LogP contribution in [0.2, 0.25) is 0 Å². The Labute approximate surface area is 246 Å². The van der Waals surface area contributed by atoms with Crippen LogP contribution in [-0.4, -0.2) is 84.4 Å². The molecule has 4 unspecified atom stereocenters. The molecule has 236 valence electrons. The number of phenols is 2. The largest absolute Gasteiger partial charge is 0.504 e. The molecule has 2 rings (SSSR count). The predicted molar refractivity (Wildman–Crippen MR) is 148 cm³/mol. The quantitative estimate of drug-likeness (QED) is 0.104. The zero-order valence-corrected chi connectivity index (χ0v) is 25.3. The smallest absolute Gasteiger partial charge is 0.338 e. The van der Waals surface area contributed by atoms with Gasteiger partial charge in [-0.2, -0.15) is 0 Å². The minimum absolute atomic E-state index is 0.00421. The lowest BCUT2D eigenvalue weighted by Crippen LogP contribution is -2.44. The van der Waals surface area contributed by atoms with Gasteiger partial charge < -0.3 is 39.0 Å². The summed E-state index contributed by atoms with van der Waals surface area (Å²) in [5.41, 5.74) is -3.58. The molecule has 12 nitrogen and oxygen atoms in total. The van der Waals surface area contributed by atoms with Crippen molar-refractivity contribution in [1.82, 2.24) is 0 Å². The molecule has 1 aromatic rings. The molecule has 3 N–H and O–H groups in total. The maximum atomic E-state index is 13.3. The van der Waals surface area contributed by atoms with E-state index in [0.717, 1.165) is 12.1 Å². The number of benzene rings is 1. The van der Waals surface area contributed by atoms with Crippen molar-refractivity contribution in [3.05, 3.63) is 23.8 Å².